The normalized spacial score (nSPS) is 10.2. The minimum absolute atomic E-state index is 0.000506. The molecule has 1 amide bonds. The van der Waals surface area contributed by atoms with Gasteiger partial charge in [-0.05, 0) is 34.5 Å². The number of benzene rings is 1. The lowest BCUT2D eigenvalue weighted by Gasteiger charge is -2.06. The lowest BCUT2D eigenvalue weighted by atomic mass is 10.1. The fourth-order valence-corrected chi connectivity index (χ4v) is 2.18. The Kier molecular flexibility index (Phi) is 4.74. The summed E-state index contributed by atoms with van der Waals surface area (Å²) >= 11 is 3.40. The van der Waals surface area contributed by atoms with Crippen molar-refractivity contribution in [1.82, 2.24) is 9.78 Å². The second-order valence-electron chi connectivity index (χ2n) is 4.39. The number of anilines is 1. The number of methoxy groups -OCH3 is 1. The summed E-state index contributed by atoms with van der Waals surface area (Å²) in [7, 11) is 1.31. The van der Waals surface area contributed by atoms with Crippen molar-refractivity contribution in [2.75, 3.05) is 12.4 Å². The Morgan fingerprint density at radius 1 is 1.43 bits per heavy atom. The van der Waals surface area contributed by atoms with Crippen LogP contribution in [0.2, 0.25) is 0 Å². The van der Waals surface area contributed by atoms with E-state index in [2.05, 4.69) is 31.1 Å². The standard InChI is InChI=1S/C14H14BrN3O3/c1-9-4-3-5-11(13(9)15)14(20)17-10-6-16-18(7-10)8-12(19)21-2/h3-7H,8H2,1-2H3,(H,17,20). The highest BCUT2D eigenvalue weighted by molar-refractivity contribution is 9.10. The van der Waals surface area contributed by atoms with E-state index in [-0.39, 0.29) is 12.5 Å². The third kappa shape index (κ3) is 3.69. The molecule has 1 N–H and O–H groups in total. The molecule has 1 heterocycles. The molecule has 0 radical (unpaired) electrons. The molecule has 1 aromatic carbocycles. The molecule has 110 valence electrons. The number of ether oxygens (including phenoxy) is 1. The Bertz CT molecular complexity index is 682. The largest absolute Gasteiger partial charge is 0.468 e. The quantitative estimate of drug-likeness (QED) is 0.858. The van der Waals surface area contributed by atoms with E-state index in [1.54, 1.807) is 12.3 Å². The zero-order chi connectivity index (χ0) is 15.4. The second kappa shape index (κ2) is 6.53. The molecule has 1 aromatic heterocycles. The van der Waals surface area contributed by atoms with Gasteiger partial charge in [0.05, 0.1) is 24.6 Å². The summed E-state index contributed by atoms with van der Waals surface area (Å²) in [5, 5.41) is 6.71. The molecule has 0 unspecified atom stereocenters. The maximum atomic E-state index is 12.2. The number of aromatic nitrogens is 2. The number of nitrogens with one attached hydrogen (secondary N) is 1. The Morgan fingerprint density at radius 3 is 2.90 bits per heavy atom. The van der Waals surface area contributed by atoms with Gasteiger partial charge in [-0.2, -0.15) is 5.10 Å². The Morgan fingerprint density at radius 2 is 2.19 bits per heavy atom. The van der Waals surface area contributed by atoms with Gasteiger partial charge in [-0.3, -0.25) is 14.3 Å². The number of aryl methyl sites for hydroxylation is 1. The van der Waals surface area contributed by atoms with Crippen LogP contribution in [0.4, 0.5) is 5.69 Å². The molecular weight excluding hydrogens is 338 g/mol. The average Bonchev–Trinajstić information content (AvgIpc) is 2.88. The van der Waals surface area contributed by atoms with Gasteiger partial charge in [0.1, 0.15) is 6.54 Å². The first-order valence-corrected chi connectivity index (χ1v) is 6.96. The summed E-state index contributed by atoms with van der Waals surface area (Å²) in [5.74, 6) is -0.652. The van der Waals surface area contributed by atoms with Crippen molar-refractivity contribution >= 4 is 33.5 Å². The van der Waals surface area contributed by atoms with Gasteiger partial charge in [0, 0.05) is 10.7 Å². The molecular formula is C14H14BrN3O3. The summed E-state index contributed by atoms with van der Waals surface area (Å²) in [6.07, 6.45) is 3.04. The predicted molar refractivity (Wildman–Crippen MR) is 81.1 cm³/mol. The third-order valence-electron chi connectivity index (χ3n) is 2.85. The Hall–Kier alpha value is -2.15. The van der Waals surface area contributed by atoms with Gasteiger partial charge in [-0.1, -0.05) is 12.1 Å². The van der Waals surface area contributed by atoms with Gasteiger partial charge in [-0.25, -0.2) is 0 Å². The first kappa shape index (κ1) is 15.2. The number of carbonyl (C=O) groups excluding carboxylic acids is 2. The Balaban J connectivity index is 2.09. The van der Waals surface area contributed by atoms with E-state index in [0.29, 0.717) is 11.3 Å². The van der Waals surface area contributed by atoms with Crippen molar-refractivity contribution in [2.45, 2.75) is 13.5 Å². The van der Waals surface area contributed by atoms with Crippen LogP contribution in [-0.4, -0.2) is 28.8 Å². The van der Waals surface area contributed by atoms with E-state index in [4.69, 9.17) is 0 Å². The lowest BCUT2D eigenvalue weighted by Crippen LogP contribution is -2.13. The number of esters is 1. The molecule has 21 heavy (non-hydrogen) atoms. The number of rotatable bonds is 4. The SMILES string of the molecule is COC(=O)Cn1cc(NC(=O)c2cccc(C)c2Br)cn1. The van der Waals surface area contributed by atoms with Crippen LogP contribution in [0.1, 0.15) is 15.9 Å². The van der Waals surface area contributed by atoms with Crippen LogP contribution < -0.4 is 5.32 Å². The molecule has 0 saturated heterocycles. The van der Waals surface area contributed by atoms with E-state index >= 15 is 0 Å². The number of carbonyl (C=O) groups is 2. The fourth-order valence-electron chi connectivity index (χ4n) is 1.73. The summed E-state index contributed by atoms with van der Waals surface area (Å²) in [6, 6.07) is 5.45. The smallest absolute Gasteiger partial charge is 0.327 e. The molecule has 7 heteroatoms. The van der Waals surface area contributed by atoms with E-state index in [9.17, 15) is 9.59 Å². The number of amides is 1. The molecule has 2 rings (SSSR count). The molecule has 0 aliphatic rings. The van der Waals surface area contributed by atoms with Gasteiger partial charge in [-0.15, -0.1) is 0 Å². The number of hydrogen-bond acceptors (Lipinski definition) is 4. The summed E-state index contributed by atoms with van der Waals surface area (Å²) in [5.41, 5.74) is 2.03. The monoisotopic (exact) mass is 351 g/mol. The minimum atomic E-state index is -0.405. The van der Waals surface area contributed by atoms with Crippen LogP contribution in [0.25, 0.3) is 0 Å². The molecule has 0 saturated carbocycles. The zero-order valence-electron chi connectivity index (χ0n) is 11.6. The first-order chi connectivity index (χ1) is 10.0. The van der Waals surface area contributed by atoms with E-state index < -0.39 is 5.97 Å². The number of halogens is 1. The predicted octanol–water partition coefficient (Wildman–Crippen LogP) is 2.38. The Labute approximate surface area is 130 Å². The second-order valence-corrected chi connectivity index (χ2v) is 5.19. The van der Waals surface area contributed by atoms with Gasteiger partial charge in [0.2, 0.25) is 0 Å². The molecule has 0 atom stereocenters. The molecule has 0 spiro atoms. The van der Waals surface area contributed by atoms with Gasteiger partial charge < -0.3 is 10.1 Å². The molecule has 0 bridgehead atoms. The highest BCUT2D eigenvalue weighted by atomic mass is 79.9. The fraction of sp³-hybridized carbons (Fsp3) is 0.214. The van der Waals surface area contributed by atoms with Crippen molar-refractivity contribution in [1.29, 1.82) is 0 Å². The average molecular weight is 352 g/mol. The van der Waals surface area contributed by atoms with Crippen molar-refractivity contribution in [3.8, 4) is 0 Å². The van der Waals surface area contributed by atoms with E-state index in [0.717, 1.165) is 10.0 Å². The molecule has 2 aromatic rings. The van der Waals surface area contributed by atoms with Gasteiger partial charge in [0.15, 0.2) is 0 Å². The van der Waals surface area contributed by atoms with Gasteiger partial charge in [0.25, 0.3) is 5.91 Å². The first-order valence-electron chi connectivity index (χ1n) is 6.17. The van der Waals surface area contributed by atoms with Crippen LogP contribution in [0.5, 0.6) is 0 Å². The maximum Gasteiger partial charge on any atom is 0.327 e. The zero-order valence-corrected chi connectivity index (χ0v) is 13.2. The van der Waals surface area contributed by atoms with Crippen LogP contribution in [0.3, 0.4) is 0 Å². The van der Waals surface area contributed by atoms with E-state index in [1.165, 1.54) is 18.0 Å². The summed E-state index contributed by atoms with van der Waals surface area (Å²) < 4.78 is 6.70. The van der Waals surface area contributed by atoms with Gasteiger partial charge >= 0.3 is 5.97 Å². The topological polar surface area (TPSA) is 73.2 Å². The van der Waals surface area contributed by atoms with Crippen LogP contribution in [-0.2, 0) is 16.1 Å². The number of hydrogen-bond donors (Lipinski definition) is 1. The van der Waals surface area contributed by atoms with Crippen molar-refractivity contribution in [3.63, 3.8) is 0 Å². The molecule has 0 aliphatic heterocycles. The van der Waals surface area contributed by atoms with Crippen molar-refractivity contribution < 1.29 is 14.3 Å². The van der Waals surface area contributed by atoms with E-state index in [1.807, 2.05) is 19.1 Å². The summed E-state index contributed by atoms with van der Waals surface area (Å²) in [4.78, 5) is 23.3. The molecule has 6 nitrogen and oxygen atoms in total. The highest BCUT2D eigenvalue weighted by Gasteiger charge is 2.13. The minimum Gasteiger partial charge on any atom is -0.468 e. The lowest BCUT2D eigenvalue weighted by molar-refractivity contribution is -0.141. The molecule has 0 aliphatic carbocycles. The number of nitrogens with zero attached hydrogens (tertiary/aromatic N) is 2. The van der Waals surface area contributed by atoms with Crippen LogP contribution in [0.15, 0.2) is 35.1 Å². The van der Waals surface area contributed by atoms with Crippen molar-refractivity contribution in [2.24, 2.45) is 0 Å². The van der Waals surface area contributed by atoms with Crippen LogP contribution >= 0.6 is 15.9 Å². The maximum absolute atomic E-state index is 12.2. The third-order valence-corrected chi connectivity index (χ3v) is 3.90. The van der Waals surface area contributed by atoms with Crippen LogP contribution in [0, 0.1) is 6.92 Å². The summed E-state index contributed by atoms with van der Waals surface area (Å²) in [6.45, 7) is 1.91. The molecule has 0 fully saturated rings. The highest BCUT2D eigenvalue weighted by Crippen LogP contribution is 2.22. The van der Waals surface area contributed by atoms with Crippen molar-refractivity contribution in [3.05, 3.63) is 46.2 Å².